The zero-order chi connectivity index (χ0) is 25.3. The summed E-state index contributed by atoms with van der Waals surface area (Å²) in [6.45, 7) is 3.77. The minimum absolute atomic E-state index is 0.251. The molecule has 0 saturated carbocycles. The molecule has 1 aliphatic carbocycles. The predicted molar refractivity (Wildman–Crippen MR) is 148 cm³/mol. The van der Waals surface area contributed by atoms with Crippen LogP contribution in [-0.2, 0) is 10.0 Å². The summed E-state index contributed by atoms with van der Waals surface area (Å²) in [5, 5.41) is 8.96. The van der Waals surface area contributed by atoms with Crippen molar-refractivity contribution in [2.24, 2.45) is 5.92 Å². The maximum atomic E-state index is 13.0. The van der Waals surface area contributed by atoms with Gasteiger partial charge in [-0.05, 0) is 55.3 Å². The van der Waals surface area contributed by atoms with Crippen LogP contribution in [0.1, 0.15) is 31.4 Å². The second kappa shape index (κ2) is 10.3. The number of anilines is 2. The molecule has 3 heterocycles. The number of nitrogens with zero attached hydrogens (tertiary/aromatic N) is 4. The fourth-order valence-corrected chi connectivity index (χ4v) is 6.60. The molecule has 3 aromatic rings. The van der Waals surface area contributed by atoms with Gasteiger partial charge in [0, 0.05) is 48.2 Å². The maximum absolute atomic E-state index is 13.0. The SMILES string of the molecule is CBc1cnn2c(NCC3CCN(S(=O)(=O)c4cccc(N)c4)CC3)cc(C3=C(Cl)CCC=C3)nc12. The quantitative estimate of drug-likeness (QED) is 0.363. The Morgan fingerprint density at radius 1 is 1.25 bits per heavy atom. The summed E-state index contributed by atoms with van der Waals surface area (Å²) in [7, 11) is -2.71. The van der Waals surface area contributed by atoms with Crippen molar-refractivity contribution in [3.8, 4) is 0 Å². The zero-order valence-electron chi connectivity index (χ0n) is 20.3. The van der Waals surface area contributed by atoms with Crippen LogP contribution in [0.15, 0.2) is 58.6 Å². The van der Waals surface area contributed by atoms with E-state index in [0.717, 1.165) is 66.2 Å². The van der Waals surface area contributed by atoms with Crippen molar-refractivity contribution in [3.05, 3.63) is 59.4 Å². The van der Waals surface area contributed by atoms with E-state index >= 15 is 0 Å². The van der Waals surface area contributed by atoms with Gasteiger partial charge in [-0.25, -0.2) is 13.4 Å². The number of allylic oxidation sites excluding steroid dienone is 4. The summed E-state index contributed by atoms with van der Waals surface area (Å²) in [6.07, 6.45) is 9.34. The van der Waals surface area contributed by atoms with Crippen LogP contribution in [0, 0.1) is 5.92 Å². The largest absolute Gasteiger partial charge is 0.399 e. The van der Waals surface area contributed by atoms with E-state index in [0.29, 0.717) is 31.2 Å². The Labute approximate surface area is 217 Å². The Morgan fingerprint density at radius 2 is 2.06 bits per heavy atom. The smallest absolute Gasteiger partial charge is 0.243 e. The third kappa shape index (κ3) is 4.90. The standard InChI is InChI=1S/C25H30BClN6O2S/c1-26-21-16-30-33-24(14-23(31-25(21)33)20-7-2-3-8-22(20)27)29-15-17-9-11-32(12-10-17)36(34,35)19-6-4-5-18(28)13-19/h2,4-7,13-14,16-17,26,29H,3,8-12,15,28H2,1H3. The molecule has 188 valence electrons. The van der Waals surface area contributed by atoms with E-state index in [1.165, 1.54) is 6.07 Å². The Hall–Kier alpha value is -2.82. The summed E-state index contributed by atoms with van der Waals surface area (Å²) in [6, 6.07) is 8.49. The van der Waals surface area contributed by atoms with Crippen molar-refractivity contribution in [2.45, 2.75) is 37.4 Å². The monoisotopic (exact) mass is 524 g/mol. The molecule has 1 aromatic carbocycles. The number of fused-ring (bicyclic) bond motifs is 1. The van der Waals surface area contributed by atoms with Crippen LogP contribution in [-0.4, -0.2) is 54.2 Å². The molecule has 11 heteroatoms. The third-order valence-electron chi connectivity index (χ3n) is 6.95. The van der Waals surface area contributed by atoms with Crippen LogP contribution in [0.2, 0.25) is 6.82 Å². The summed E-state index contributed by atoms with van der Waals surface area (Å²) in [5.74, 6) is 1.20. The zero-order valence-corrected chi connectivity index (χ0v) is 21.9. The molecule has 1 saturated heterocycles. The van der Waals surface area contributed by atoms with Crippen molar-refractivity contribution in [3.63, 3.8) is 0 Å². The number of rotatable bonds is 7. The van der Waals surface area contributed by atoms with Gasteiger partial charge in [-0.15, -0.1) is 0 Å². The first-order valence-corrected chi connectivity index (χ1v) is 14.2. The minimum Gasteiger partial charge on any atom is -0.399 e. The number of hydrogen-bond acceptors (Lipinski definition) is 6. The molecule has 0 spiro atoms. The highest BCUT2D eigenvalue weighted by atomic mass is 35.5. The predicted octanol–water partition coefficient (Wildman–Crippen LogP) is 3.23. The molecular formula is C25H30BClN6O2S. The second-order valence-corrected chi connectivity index (χ2v) is 11.7. The number of piperidine rings is 1. The van der Waals surface area contributed by atoms with Gasteiger partial charge in [0.25, 0.3) is 0 Å². The van der Waals surface area contributed by atoms with Gasteiger partial charge in [0.1, 0.15) is 5.82 Å². The number of benzene rings is 1. The first-order valence-electron chi connectivity index (χ1n) is 12.4. The molecular weight excluding hydrogens is 495 g/mol. The molecule has 0 bridgehead atoms. The molecule has 2 aromatic heterocycles. The van der Waals surface area contributed by atoms with E-state index in [1.807, 2.05) is 22.9 Å². The van der Waals surface area contributed by atoms with E-state index in [9.17, 15) is 8.42 Å². The topological polar surface area (TPSA) is 106 Å². The van der Waals surface area contributed by atoms with Crippen molar-refractivity contribution in [2.75, 3.05) is 30.7 Å². The van der Waals surface area contributed by atoms with Crippen LogP contribution in [0.4, 0.5) is 11.5 Å². The van der Waals surface area contributed by atoms with Crippen molar-refractivity contribution in [1.29, 1.82) is 0 Å². The lowest BCUT2D eigenvalue weighted by Gasteiger charge is -2.31. The highest BCUT2D eigenvalue weighted by Gasteiger charge is 2.29. The Morgan fingerprint density at radius 3 is 2.78 bits per heavy atom. The summed E-state index contributed by atoms with van der Waals surface area (Å²) >= 11 is 6.56. The van der Waals surface area contributed by atoms with Gasteiger partial charge in [-0.2, -0.15) is 13.9 Å². The van der Waals surface area contributed by atoms with Gasteiger partial charge in [-0.1, -0.05) is 36.6 Å². The summed E-state index contributed by atoms with van der Waals surface area (Å²) in [5.41, 5.74) is 9.95. The number of aromatic nitrogens is 3. The second-order valence-electron chi connectivity index (χ2n) is 9.35. The van der Waals surface area contributed by atoms with Gasteiger partial charge in [0.05, 0.1) is 10.6 Å². The van der Waals surface area contributed by atoms with E-state index < -0.39 is 10.0 Å². The van der Waals surface area contributed by atoms with Gasteiger partial charge in [0.2, 0.25) is 10.0 Å². The number of halogens is 1. The fourth-order valence-electron chi connectivity index (χ4n) is 4.81. The molecule has 0 atom stereocenters. The molecule has 2 aliphatic rings. The van der Waals surface area contributed by atoms with Gasteiger partial charge < -0.3 is 11.1 Å². The van der Waals surface area contributed by atoms with E-state index in [-0.39, 0.29) is 4.90 Å². The molecule has 0 radical (unpaired) electrons. The van der Waals surface area contributed by atoms with E-state index in [4.69, 9.17) is 22.3 Å². The van der Waals surface area contributed by atoms with Gasteiger partial charge in [-0.3, -0.25) is 0 Å². The Kier molecular flexibility index (Phi) is 7.10. The molecule has 0 amide bonds. The van der Waals surface area contributed by atoms with Crippen LogP contribution in [0.5, 0.6) is 0 Å². The average Bonchev–Trinajstić information content (AvgIpc) is 3.31. The first kappa shape index (κ1) is 24.9. The lowest BCUT2D eigenvalue weighted by molar-refractivity contribution is 0.282. The fraction of sp³-hybridized carbons (Fsp3) is 0.360. The molecule has 36 heavy (non-hydrogen) atoms. The van der Waals surface area contributed by atoms with Gasteiger partial charge >= 0.3 is 0 Å². The van der Waals surface area contributed by atoms with Crippen LogP contribution < -0.4 is 16.5 Å². The van der Waals surface area contributed by atoms with E-state index in [2.05, 4.69) is 23.3 Å². The summed E-state index contributed by atoms with van der Waals surface area (Å²) in [4.78, 5) is 5.14. The molecule has 8 nitrogen and oxygen atoms in total. The molecule has 0 unspecified atom stereocenters. The number of sulfonamides is 1. The van der Waals surface area contributed by atoms with Gasteiger partial charge in [0.15, 0.2) is 12.9 Å². The van der Waals surface area contributed by atoms with Crippen LogP contribution in [0.25, 0.3) is 11.2 Å². The van der Waals surface area contributed by atoms with Crippen LogP contribution >= 0.6 is 11.6 Å². The highest BCUT2D eigenvalue weighted by molar-refractivity contribution is 7.89. The third-order valence-corrected chi connectivity index (χ3v) is 9.24. The number of nitrogen functional groups attached to an aromatic ring is 1. The molecule has 1 aliphatic heterocycles. The van der Waals surface area contributed by atoms with Crippen LogP contribution in [0.3, 0.4) is 0 Å². The lowest BCUT2D eigenvalue weighted by atomic mass is 9.75. The number of nitrogens with two attached hydrogens (primary N) is 1. The summed E-state index contributed by atoms with van der Waals surface area (Å²) < 4.78 is 29.5. The highest BCUT2D eigenvalue weighted by Crippen LogP contribution is 2.31. The number of hydrogen-bond donors (Lipinski definition) is 2. The molecule has 3 N–H and O–H groups in total. The molecule has 5 rings (SSSR count). The Balaban J connectivity index is 1.31. The Bertz CT molecular complexity index is 1440. The number of nitrogens with one attached hydrogen (secondary N) is 1. The van der Waals surface area contributed by atoms with E-state index in [1.54, 1.807) is 22.5 Å². The lowest BCUT2D eigenvalue weighted by Crippen LogP contribution is -2.39. The van der Waals surface area contributed by atoms with Crippen molar-refractivity contribution >= 4 is 57.1 Å². The molecule has 1 fully saturated rings. The van der Waals surface area contributed by atoms with Crippen molar-refractivity contribution in [1.82, 2.24) is 18.9 Å². The average molecular weight is 525 g/mol. The first-order chi connectivity index (χ1) is 17.4. The maximum Gasteiger partial charge on any atom is 0.243 e. The van der Waals surface area contributed by atoms with Crippen molar-refractivity contribution < 1.29 is 8.42 Å². The normalized spacial score (nSPS) is 17.6. The minimum atomic E-state index is -3.54.